The number of anilines is 1. The molecule has 4 atom stereocenters. The first-order valence-electron chi connectivity index (χ1n) is 7.01. The fraction of sp³-hybridized carbons (Fsp3) is 0.400. The van der Waals surface area contributed by atoms with Crippen LogP contribution in [0.2, 0.25) is 0 Å². The smallest absolute Gasteiger partial charge is 0.350 e. The number of hydrogen-bond acceptors (Lipinski definition) is 13. The van der Waals surface area contributed by atoms with Crippen LogP contribution in [0.25, 0.3) is 0 Å². The van der Waals surface area contributed by atoms with Crippen LogP contribution in [-0.4, -0.2) is 16.2 Å². The van der Waals surface area contributed by atoms with Crippen LogP contribution in [0.15, 0.2) is 29.2 Å². The van der Waals surface area contributed by atoms with Crippen molar-refractivity contribution < 1.29 is 46.4 Å². The summed E-state index contributed by atoms with van der Waals surface area (Å²) in [6, 6.07) is 0.932. The summed E-state index contributed by atoms with van der Waals surface area (Å²) in [7, 11) is -17.6. The van der Waals surface area contributed by atoms with E-state index in [-0.39, 0.29) is 12.2 Å². The topological polar surface area (TPSA) is 232 Å². The van der Waals surface area contributed by atoms with Crippen molar-refractivity contribution in [2.75, 3.05) is 12.3 Å². The maximum absolute atomic E-state index is 11.8. The first-order chi connectivity index (χ1) is 12.3. The maximum atomic E-state index is 11.8. The molecule has 1 aromatic heterocycles. The molecule has 0 amide bonds. The van der Waals surface area contributed by atoms with Gasteiger partial charge in [-0.3, -0.25) is 18.0 Å². The highest BCUT2D eigenvalue weighted by atomic mass is 31.3. The second kappa shape index (κ2) is 8.06. The first-order valence-corrected chi connectivity index (χ1v) is 11.4. The van der Waals surface area contributed by atoms with Crippen LogP contribution in [0.3, 0.4) is 0 Å². The van der Waals surface area contributed by atoms with Gasteiger partial charge in [0.2, 0.25) is 0 Å². The summed E-state index contributed by atoms with van der Waals surface area (Å²) >= 11 is 0. The van der Waals surface area contributed by atoms with E-state index in [0.717, 1.165) is 0 Å². The minimum atomic E-state index is -6.04. The summed E-state index contributed by atoms with van der Waals surface area (Å²) in [5.41, 5.74) is 4.76. The van der Waals surface area contributed by atoms with Crippen LogP contribution in [0, 0.1) is 5.92 Å². The van der Waals surface area contributed by atoms with Crippen LogP contribution in [0.1, 0.15) is 12.5 Å². The molecule has 2 N–H and O–H groups in total. The van der Waals surface area contributed by atoms with Crippen molar-refractivity contribution >= 4 is 29.3 Å². The van der Waals surface area contributed by atoms with Gasteiger partial charge in [-0.1, -0.05) is 12.2 Å². The lowest BCUT2D eigenvalue weighted by Gasteiger charge is -2.37. The summed E-state index contributed by atoms with van der Waals surface area (Å²) in [4.78, 5) is 58.3. The molecule has 0 saturated heterocycles. The molecule has 0 fully saturated rings. The highest BCUT2D eigenvalue weighted by molar-refractivity contribution is 7.64. The van der Waals surface area contributed by atoms with Crippen molar-refractivity contribution in [3.8, 4) is 0 Å². The van der Waals surface area contributed by atoms with Gasteiger partial charge in [-0.2, -0.15) is 4.98 Å². The summed E-state index contributed by atoms with van der Waals surface area (Å²) in [5.74, 6) is -0.519. The van der Waals surface area contributed by atoms with E-state index in [1.165, 1.54) is 22.9 Å². The number of hydrogen-bond donors (Lipinski definition) is 1. The third-order valence-electron chi connectivity index (χ3n) is 3.21. The highest BCUT2D eigenvalue weighted by Crippen LogP contribution is 2.60. The Morgan fingerprint density at radius 1 is 1.15 bits per heavy atom. The Hall–Kier alpha value is -1.17. The summed E-state index contributed by atoms with van der Waals surface area (Å²) in [5, 5.41) is 0. The van der Waals surface area contributed by atoms with E-state index in [2.05, 4.69) is 18.1 Å². The number of allylic oxidation sites excluding steroid dienone is 1. The van der Waals surface area contributed by atoms with Crippen molar-refractivity contribution in [3.05, 3.63) is 34.9 Å². The normalized spacial score (nSPS) is 24.4. The third kappa shape index (κ3) is 7.05. The van der Waals surface area contributed by atoms with Crippen LogP contribution in [0.4, 0.5) is 5.82 Å². The highest BCUT2D eigenvalue weighted by Gasteiger charge is 2.26. The van der Waals surface area contributed by atoms with Gasteiger partial charge in [-0.15, -0.1) is 0 Å². The van der Waals surface area contributed by atoms with Gasteiger partial charge in [0.05, 0.1) is 20.5 Å². The molecule has 0 saturated carbocycles. The Bertz CT molecular complexity index is 924. The van der Waals surface area contributed by atoms with E-state index in [0.29, 0.717) is 0 Å². The zero-order valence-electron chi connectivity index (χ0n) is 13.2. The van der Waals surface area contributed by atoms with Crippen LogP contribution < -0.4 is 31.0 Å². The van der Waals surface area contributed by atoms with E-state index in [1.807, 2.05) is 0 Å². The fourth-order valence-corrected chi connectivity index (χ4v) is 5.14. The first kappa shape index (κ1) is 22.1. The van der Waals surface area contributed by atoms with E-state index >= 15 is 0 Å². The minimum Gasteiger partial charge on any atom is -0.790 e. The molecular formula is C10H12N3O11P3-4. The Balaban J connectivity index is 1.92. The average Bonchev–Trinajstić information content (AvgIpc) is 2.90. The predicted molar refractivity (Wildman–Crippen MR) is 80.1 cm³/mol. The number of aromatic nitrogens is 2. The van der Waals surface area contributed by atoms with E-state index in [1.54, 1.807) is 6.08 Å². The van der Waals surface area contributed by atoms with E-state index in [9.17, 15) is 38.1 Å². The zero-order valence-corrected chi connectivity index (χ0v) is 15.9. The number of phosphoric ester groups is 1. The van der Waals surface area contributed by atoms with Crippen molar-refractivity contribution in [1.29, 1.82) is 0 Å². The molecule has 27 heavy (non-hydrogen) atoms. The molecule has 0 spiro atoms. The molecule has 152 valence electrons. The largest absolute Gasteiger partial charge is 0.790 e. The molecule has 1 heterocycles. The van der Waals surface area contributed by atoms with Gasteiger partial charge >= 0.3 is 5.69 Å². The number of rotatable bonds is 8. The van der Waals surface area contributed by atoms with Gasteiger partial charge < -0.3 is 34.4 Å². The second-order valence-corrected chi connectivity index (χ2v) is 9.54. The van der Waals surface area contributed by atoms with Crippen LogP contribution in [-0.2, 0) is 26.8 Å². The minimum absolute atomic E-state index is 0.0347. The standard InChI is InChI=1S/C10H16N3O11P3/c11-9-3-4-13(10(14)12-9)8-2-1-7(5-8)6-22-26(18,19)24-27(20,21)23-25(15,16)17/h1-4,7-8H,5-6H2,(H,18,19)(H,20,21)(H2,11,12,14)(H2,15,16,17)/p-4. The molecule has 1 aliphatic carbocycles. The van der Waals surface area contributed by atoms with Gasteiger partial charge in [0.15, 0.2) is 0 Å². The molecule has 0 bridgehead atoms. The molecule has 14 nitrogen and oxygen atoms in total. The van der Waals surface area contributed by atoms with Gasteiger partial charge in [-0.25, -0.2) is 9.11 Å². The van der Waals surface area contributed by atoms with Crippen molar-refractivity contribution in [2.45, 2.75) is 12.5 Å². The van der Waals surface area contributed by atoms with E-state index in [4.69, 9.17) is 5.73 Å². The molecule has 2 rings (SSSR count). The summed E-state index contributed by atoms with van der Waals surface area (Å²) < 4.78 is 44.9. The lowest BCUT2D eigenvalue weighted by molar-refractivity contribution is -0.339. The maximum Gasteiger partial charge on any atom is 0.350 e. The molecule has 1 aromatic rings. The Morgan fingerprint density at radius 3 is 2.41 bits per heavy atom. The quantitative estimate of drug-likeness (QED) is 0.331. The third-order valence-corrected chi connectivity index (χ3v) is 6.87. The Kier molecular flexibility index (Phi) is 6.60. The zero-order chi connectivity index (χ0) is 20.5. The summed E-state index contributed by atoms with van der Waals surface area (Å²) in [6.45, 7) is -0.572. The lowest BCUT2D eigenvalue weighted by Crippen LogP contribution is -2.26. The Labute approximate surface area is 151 Å². The molecule has 17 heteroatoms. The average molecular weight is 443 g/mol. The predicted octanol–water partition coefficient (Wildman–Crippen LogP) is -2.24. The lowest BCUT2D eigenvalue weighted by atomic mass is 10.1. The number of phosphoric acid groups is 3. The summed E-state index contributed by atoms with van der Waals surface area (Å²) in [6.07, 6.45) is 4.72. The van der Waals surface area contributed by atoms with Crippen molar-refractivity contribution in [3.63, 3.8) is 0 Å². The molecular weight excluding hydrogens is 431 g/mol. The number of nitrogens with zero attached hydrogens (tertiary/aromatic N) is 2. The van der Waals surface area contributed by atoms with Crippen LogP contribution >= 0.6 is 23.5 Å². The van der Waals surface area contributed by atoms with Crippen molar-refractivity contribution in [2.24, 2.45) is 5.92 Å². The fourth-order valence-electron chi connectivity index (χ4n) is 2.23. The molecule has 0 radical (unpaired) electrons. The van der Waals surface area contributed by atoms with E-state index < -0.39 is 47.7 Å². The molecule has 4 unspecified atom stereocenters. The SMILES string of the molecule is Nc1ccn(C2C=CC(COP(=O)([O-])OP(=O)([O-])OP(=O)([O-])[O-])C2)c(=O)n1. The Morgan fingerprint density at radius 2 is 1.81 bits per heavy atom. The molecule has 0 aliphatic heterocycles. The molecule has 0 aromatic carbocycles. The second-order valence-electron chi connectivity index (χ2n) is 5.29. The van der Waals surface area contributed by atoms with Gasteiger partial charge in [0.25, 0.3) is 15.6 Å². The van der Waals surface area contributed by atoms with Gasteiger partial charge in [0, 0.05) is 12.1 Å². The van der Waals surface area contributed by atoms with Gasteiger partial charge in [-0.05, 0) is 12.5 Å². The number of nitrogen functional groups attached to an aromatic ring is 1. The van der Waals surface area contributed by atoms with Crippen LogP contribution in [0.5, 0.6) is 0 Å². The monoisotopic (exact) mass is 443 g/mol. The molecule has 1 aliphatic rings. The number of nitrogens with two attached hydrogens (primary N) is 1. The van der Waals surface area contributed by atoms with Gasteiger partial charge in [0.1, 0.15) is 5.82 Å². The van der Waals surface area contributed by atoms with Crippen molar-refractivity contribution in [1.82, 2.24) is 9.55 Å².